The Morgan fingerprint density at radius 2 is 2.31 bits per heavy atom. The van der Waals surface area contributed by atoms with E-state index in [1.165, 1.54) is 11.1 Å². The number of aromatic nitrogens is 2. The molecule has 3 heteroatoms. The predicted molar refractivity (Wildman–Crippen MR) is 67.1 cm³/mol. The first kappa shape index (κ1) is 12.8. The Hall–Kier alpha value is -1.22. The lowest BCUT2D eigenvalue weighted by molar-refractivity contribution is 0.496. The Kier molecular flexibility index (Phi) is 5.72. The Bertz CT molecular complexity index is 308. The van der Waals surface area contributed by atoms with Gasteiger partial charge in [0, 0.05) is 12.2 Å². The average Bonchev–Trinajstić information content (AvgIpc) is 2.30. The summed E-state index contributed by atoms with van der Waals surface area (Å²) >= 11 is 0. The first-order valence-electron chi connectivity index (χ1n) is 5.88. The Morgan fingerprint density at radius 3 is 2.88 bits per heavy atom. The molecule has 1 atom stereocenters. The van der Waals surface area contributed by atoms with Crippen LogP contribution in [0.5, 0.6) is 0 Å². The molecule has 1 unspecified atom stereocenters. The van der Waals surface area contributed by atoms with E-state index < -0.39 is 0 Å². The van der Waals surface area contributed by atoms with Crippen LogP contribution in [0.2, 0.25) is 0 Å². The number of allylic oxidation sites excluding steroid dienone is 1. The van der Waals surface area contributed by atoms with Crippen molar-refractivity contribution in [2.75, 3.05) is 6.54 Å². The van der Waals surface area contributed by atoms with Crippen LogP contribution in [0.15, 0.2) is 30.6 Å². The van der Waals surface area contributed by atoms with Gasteiger partial charge in [0.1, 0.15) is 0 Å². The maximum atomic E-state index is 3.95. The summed E-state index contributed by atoms with van der Waals surface area (Å²) in [5.74, 6) is 0. The van der Waals surface area contributed by atoms with E-state index in [2.05, 4.69) is 35.9 Å². The molecule has 3 nitrogen and oxygen atoms in total. The van der Waals surface area contributed by atoms with Crippen molar-refractivity contribution < 1.29 is 0 Å². The quantitative estimate of drug-likeness (QED) is 0.717. The van der Waals surface area contributed by atoms with Crippen molar-refractivity contribution in [3.8, 4) is 0 Å². The topological polar surface area (TPSA) is 37.8 Å². The summed E-state index contributed by atoms with van der Waals surface area (Å²) < 4.78 is 0. The van der Waals surface area contributed by atoms with Crippen LogP contribution in [0.1, 0.15) is 44.7 Å². The van der Waals surface area contributed by atoms with Crippen molar-refractivity contribution in [2.24, 2.45) is 0 Å². The van der Waals surface area contributed by atoms with E-state index in [1.807, 2.05) is 12.3 Å². The zero-order chi connectivity index (χ0) is 11.8. The van der Waals surface area contributed by atoms with Gasteiger partial charge in [-0.2, -0.15) is 10.2 Å². The third kappa shape index (κ3) is 4.53. The van der Waals surface area contributed by atoms with Crippen molar-refractivity contribution in [1.29, 1.82) is 0 Å². The highest BCUT2D eigenvalue weighted by Gasteiger charge is 2.10. The molecule has 0 fully saturated rings. The van der Waals surface area contributed by atoms with Crippen molar-refractivity contribution in [1.82, 2.24) is 15.5 Å². The summed E-state index contributed by atoms with van der Waals surface area (Å²) in [6.07, 6.45) is 6.84. The molecular weight excluding hydrogens is 198 g/mol. The van der Waals surface area contributed by atoms with Crippen LogP contribution < -0.4 is 5.32 Å². The second-order valence-corrected chi connectivity index (χ2v) is 4.18. The van der Waals surface area contributed by atoms with E-state index in [9.17, 15) is 0 Å². The van der Waals surface area contributed by atoms with Crippen LogP contribution in [0, 0.1) is 0 Å². The molecule has 0 aromatic carbocycles. The molecule has 0 saturated heterocycles. The second-order valence-electron chi connectivity index (χ2n) is 4.18. The molecule has 1 aromatic heterocycles. The van der Waals surface area contributed by atoms with E-state index >= 15 is 0 Å². The lowest BCUT2D eigenvalue weighted by atomic mass is 10.0. The van der Waals surface area contributed by atoms with E-state index in [-0.39, 0.29) is 0 Å². The van der Waals surface area contributed by atoms with Gasteiger partial charge in [0.25, 0.3) is 0 Å². The molecule has 1 N–H and O–H groups in total. The highest BCUT2D eigenvalue weighted by Crippen LogP contribution is 2.19. The molecule has 0 radical (unpaired) electrons. The van der Waals surface area contributed by atoms with Gasteiger partial charge in [-0.05, 0) is 44.4 Å². The molecule has 88 valence electrons. The third-order valence-electron chi connectivity index (χ3n) is 2.51. The van der Waals surface area contributed by atoms with E-state index in [0.717, 1.165) is 25.8 Å². The van der Waals surface area contributed by atoms with Crippen molar-refractivity contribution in [2.45, 2.75) is 39.2 Å². The molecular formula is C13H21N3. The van der Waals surface area contributed by atoms with Gasteiger partial charge >= 0.3 is 0 Å². The van der Waals surface area contributed by atoms with Gasteiger partial charge in [-0.15, -0.1) is 6.58 Å². The minimum atomic E-state index is 0.368. The van der Waals surface area contributed by atoms with Gasteiger partial charge in [-0.1, -0.05) is 12.5 Å². The molecule has 0 spiro atoms. The largest absolute Gasteiger partial charge is 0.310 e. The highest BCUT2D eigenvalue weighted by molar-refractivity contribution is 5.12. The minimum absolute atomic E-state index is 0.368. The number of hydrogen-bond acceptors (Lipinski definition) is 3. The third-order valence-corrected chi connectivity index (χ3v) is 2.51. The fourth-order valence-corrected chi connectivity index (χ4v) is 1.60. The Labute approximate surface area is 98.0 Å². The zero-order valence-corrected chi connectivity index (χ0v) is 10.2. The fourth-order valence-electron chi connectivity index (χ4n) is 1.60. The van der Waals surface area contributed by atoms with Crippen LogP contribution in [0.3, 0.4) is 0 Å². The fraction of sp³-hybridized carbons (Fsp3) is 0.538. The first-order valence-corrected chi connectivity index (χ1v) is 5.88. The van der Waals surface area contributed by atoms with Gasteiger partial charge in [0.2, 0.25) is 0 Å². The van der Waals surface area contributed by atoms with Crippen molar-refractivity contribution >= 4 is 0 Å². The molecule has 1 heterocycles. The van der Waals surface area contributed by atoms with Crippen LogP contribution >= 0.6 is 0 Å². The summed E-state index contributed by atoms with van der Waals surface area (Å²) in [6, 6.07) is 2.39. The summed E-state index contributed by atoms with van der Waals surface area (Å²) in [4.78, 5) is 0. The normalized spacial score (nSPS) is 12.4. The second kappa shape index (κ2) is 7.12. The van der Waals surface area contributed by atoms with Crippen LogP contribution in [0.25, 0.3) is 0 Å². The van der Waals surface area contributed by atoms with Gasteiger partial charge in [0.15, 0.2) is 0 Å². The number of nitrogens with zero attached hydrogens (tertiary/aromatic N) is 2. The molecule has 0 aliphatic carbocycles. The molecule has 0 amide bonds. The standard InChI is InChI=1S/C13H21N3/c1-4-8-14-13(6-5-11(2)3)12-7-9-15-16-10-12/h7,9-10,13-14H,2,4-6,8H2,1,3H3. The maximum absolute atomic E-state index is 3.95. The molecule has 0 bridgehead atoms. The van der Waals surface area contributed by atoms with Crippen molar-refractivity contribution in [3.05, 3.63) is 36.2 Å². The SMILES string of the molecule is C=C(C)CCC(NCCC)c1ccnnc1. The smallest absolute Gasteiger partial charge is 0.0544 e. The molecule has 16 heavy (non-hydrogen) atoms. The summed E-state index contributed by atoms with van der Waals surface area (Å²) in [6.45, 7) is 9.22. The van der Waals surface area contributed by atoms with E-state index in [0.29, 0.717) is 6.04 Å². The minimum Gasteiger partial charge on any atom is -0.310 e. The summed E-state index contributed by atoms with van der Waals surface area (Å²) in [5.41, 5.74) is 2.44. The van der Waals surface area contributed by atoms with Gasteiger partial charge in [0.05, 0.1) is 6.20 Å². The molecule has 0 saturated carbocycles. The zero-order valence-electron chi connectivity index (χ0n) is 10.2. The van der Waals surface area contributed by atoms with Gasteiger partial charge in [-0.25, -0.2) is 0 Å². The van der Waals surface area contributed by atoms with E-state index in [4.69, 9.17) is 0 Å². The molecule has 1 aromatic rings. The number of hydrogen-bond donors (Lipinski definition) is 1. The van der Waals surface area contributed by atoms with Gasteiger partial charge < -0.3 is 5.32 Å². The predicted octanol–water partition coefficient (Wildman–Crippen LogP) is 2.87. The Morgan fingerprint density at radius 1 is 1.50 bits per heavy atom. The molecule has 1 rings (SSSR count). The highest BCUT2D eigenvalue weighted by atomic mass is 15.1. The summed E-state index contributed by atoms with van der Waals surface area (Å²) in [7, 11) is 0. The lowest BCUT2D eigenvalue weighted by Gasteiger charge is -2.18. The first-order chi connectivity index (χ1) is 7.74. The number of nitrogens with one attached hydrogen (secondary N) is 1. The summed E-state index contributed by atoms with van der Waals surface area (Å²) in [5, 5.41) is 11.3. The lowest BCUT2D eigenvalue weighted by Crippen LogP contribution is -2.22. The maximum Gasteiger partial charge on any atom is 0.0544 e. The van der Waals surface area contributed by atoms with E-state index in [1.54, 1.807) is 6.20 Å². The van der Waals surface area contributed by atoms with Crippen molar-refractivity contribution in [3.63, 3.8) is 0 Å². The van der Waals surface area contributed by atoms with Crippen LogP contribution in [-0.2, 0) is 0 Å². The number of rotatable bonds is 7. The molecule has 0 aliphatic rings. The molecule has 0 aliphatic heterocycles. The van der Waals surface area contributed by atoms with Crippen LogP contribution in [-0.4, -0.2) is 16.7 Å². The van der Waals surface area contributed by atoms with Gasteiger partial charge in [-0.3, -0.25) is 0 Å². The Balaban J connectivity index is 2.59. The average molecular weight is 219 g/mol. The monoisotopic (exact) mass is 219 g/mol. The van der Waals surface area contributed by atoms with Crippen LogP contribution in [0.4, 0.5) is 0 Å².